The monoisotopic (exact) mass is 300 g/mol. The molecule has 2 aromatic rings. The normalized spacial score (nSPS) is 15.0. The molecule has 0 spiro atoms. The first-order valence-corrected chi connectivity index (χ1v) is 7.68. The molecule has 22 heavy (non-hydrogen) atoms. The van der Waals surface area contributed by atoms with Crippen LogP contribution in [0.3, 0.4) is 0 Å². The fourth-order valence-corrected chi connectivity index (χ4v) is 2.86. The van der Waals surface area contributed by atoms with Gasteiger partial charge < -0.3 is 14.6 Å². The van der Waals surface area contributed by atoms with E-state index in [0.717, 1.165) is 48.8 Å². The molecule has 0 radical (unpaired) electrons. The molecule has 1 aliphatic heterocycles. The maximum atomic E-state index is 12.1. The fourth-order valence-electron chi connectivity index (χ4n) is 2.86. The largest absolute Gasteiger partial charge is 0.451 e. The Labute approximate surface area is 129 Å². The van der Waals surface area contributed by atoms with Crippen LogP contribution in [-0.2, 0) is 9.53 Å². The van der Waals surface area contributed by atoms with E-state index in [0.29, 0.717) is 5.69 Å². The van der Waals surface area contributed by atoms with Gasteiger partial charge in [-0.1, -0.05) is 12.1 Å². The maximum Gasteiger partial charge on any atom is 0.355 e. The number of nitrogens with one attached hydrogen (secondary N) is 1. The molecule has 2 heterocycles. The van der Waals surface area contributed by atoms with E-state index < -0.39 is 5.97 Å². The first-order chi connectivity index (χ1) is 10.6. The number of hydrogen-bond acceptors (Lipinski definition) is 3. The number of aromatic amines is 1. The number of H-pyrrole nitrogens is 1. The molecular formula is C17H20N2O3. The van der Waals surface area contributed by atoms with Crippen molar-refractivity contribution in [2.45, 2.75) is 26.2 Å². The van der Waals surface area contributed by atoms with Crippen molar-refractivity contribution in [1.29, 1.82) is 0 Å². The molecule has 1 aromatic carbocycles. The fraction of sp³-hybridized carbons (Fsp3) is 0.412. The summed E-state index contributed by atoms with van der Waals surface area (Å²) in [6, 6.07) is 7.62. The molecule has 5 nitrogen and oxygen atoms in total. The van der Waals surface area contributed by atoms with Crippen LogP contribution in [0, 0.1) is 6.92 Å². The van der Waals surface area contributed by atoms with Crippen molar-refractivity contribution in [3.63, 3.8) is 0 Å². The molecule has 3 rings (SSSR count). The smallest absolute Gasteiger partial charge is 0.355 e. The summed E-state index contributed by atoms with van der Waals surface area (Å²) in [4.78, 5) is 28.9. The van der Waals surface area contributed by atoms with Gasteiger partial charge in [-0.25, -0.2) is 4.79 Å². The highest BCUT2D eigenvalue weighted by molar-refractivity contribution is 5.96. The minimum atomic E-state index is -0.485. The van der Waals surface area contributed by atoms with Crippen molar-refractivity contribution in [3.8, 4) is 0 Å². The predicted octanol–water partition coefficient (Wildman–Crippen LogP) is 2.65. The Morgan fingerprint density at radius 3 is 2.73 bits per heavy atom. The lowest BCUT2D eigenvalue weighted by Gasteiger charge is -2.26. The minimum absolute atomic E-state index is 0.111. The second-order valence-corrected chi connectivity index (χ2v) is 5.74. The number of hydrogen-bond donors (Lipinski definition) is 1. The summed E-state index contributed by atoms with van der Waals surface area (Å²) in [5.74, 6) is -0.596. The third kappa shape index (κ3) is 2.98. The minimum Gasteiger partial charge on any atom is -0.451 e. The molecule has 5 heteroatoms. The first kappa shape index (κ1) is 14.6. The zero-order chi connectivity index (χ0) is 15.5. The van der Waals surface area contributed by atoms with E-state index in [1.54, 1.807) is 11.0 Å². The number of nitrogens with zero attached hydrogens (tertiary/aromatic N) is 1. The highest BCUT2D eigenvalue weighted by Gasteiger charge is 2.19. The van der Waals surface area contributed by atoms with Gasteiger partial charge >= 0.3 is 5.97 Å². The first-order valence-electron chi connectivity index (χ1n) is 7.68. The third-order valence-electron chi connectivity index (χ3n) is 4.14. The number of aromatic nitrogens is 1. The summed E-state index contributed by atoms with van der Waals surface area (Å²) in [5, 5.41) is 0.997. The molecule has 1 saturated heterocycles. The summed E-state index contributed by atoms with van der Waals surface area (Å²) in [7, 11) is 0. The Balaban J connectivity index is 1.63. The topological polar surface area (TPSA) is 62.4 Å². The Morgan fingerprint density at radius 1 is 1.23 bits per heavy atom. The molecule has 1 amide bonds. The molecule has 1 N–H and O–H groups in total. The van der Waals surface area contributed by atoms with Gasteiger partial charge in [0.15, 0.2) is 6.61 Å². The van der Waals surface area contributed by atoms with Gasteiger partial charge in [-0.2, -0.15) is 0 Å². The van der Waals surface area contributed by atoms with Crippen LogP contribution in [-0.4, -0.2) is 41.5 Å². The Hall–Kier alpha value is -2.30. The molecular weight excluding hydrogens is 280 g/mol. The Morgan fingerprint density at radius 2 is 2.00 bits per heavy atom. The van der Waals surface area contributed by atoms with E-state index in [4.69, 9.17) is 4.74 Å². The van der Waals surface area contributed by atoms with E-state index in [1.807, 2.05) is 25.1 Å². The summed E-state index contributed by atoms with van der Waals surface area (Å²) in [6.07, 6.45) is 3.22. The second-order valence-electron chi connectivity index (χ2n) is 5.74. The van der Waals surface area contributed by atoms with Gasteiger partial charge in [-0.05, 0) is 43.9 Å². The highest BCUT2D eigenvalue weighted by Crippen LogP contribution is 2.19. The molecule has 0 saturated carbocycles. The molecule has 116 valence electrons. The number of likely N-dealkylation sites (tertiary alicyclic amines) is 1. The van der Waals surface area contributed by atoms with Crippen LogP contribution < -0.4 is 0 Å². The zero-order valence-electron chi connectivity index (χ0n) is 12.7. The molecule has 0 bridgehead atoms. The quantitative estimate of drug-likeness (QED) is 0.886. The molecule has 0 aliphatic carbocycles. The molecule has 0 atom stereocenters. The lowest BCUT2D eigenvalue weighted by Crippen LogP contribution is -2.38. The van der Waals surface area contributed by atoms with E-state index in [1.165, 1.54) is 0 Å². The molecule has 1 aromatic heterocycles. The predicted molar refractivity (Wildman–Crippen MR) is 83.7 cm³/mol. The Kier molecular flexibility index (Phi) is 4.13. The number of amides is 1. The van der Waals surface area contributed by atoms with Crippen molar-refractivity contribution in [1.82, 2.24) is 9.88 Å². The van der Waals surface area contributed by atoms with Crippen molar-refractivity contribution in [2.75, 3.05) is 19.7 Å². The maximum absolute atomic E-state index is 12.1. The van der Waals surface area contributed by atoms with Crippen LogP contribution in [0.2, 0.25) is 0 Å². The number of benzene rings is 1. The average molecular weight is 300 g/mol. The van der Waals surface area contributed by atoms with Crippen molar-refractivity contribution in [2.24, 2.45) is 0 Å². The van der Waals surface area contributed by atoms with Gasteiger partial charge in [-0.3, -0.25) is 4.79 Å². The van der Waals surface area contributed by atoms with Crippen LogP contribution in [0.4, 0.5) is 0 Å². The third-order valence-corrected chi connectivity index (χ3v) is 4.14. The summed E-state index contributed by atoms with van der Waals surface area (Å²) >= 11 is 0. The summed E-state index contributed by atoms with van der Waals surface area (Å²) < 4.78 is 5.15. The summed E-state index contributed by atoms with van der Waals surface area (Å²) in [5.41, 5.74) is 2.38. The van der Waals surface area contributed by atoms with Crippen LogP contribution >= 0.6 is 0 Å². The van der Waals surface area contributed by atoms with E-state index in [2.05, 4.69) is 4.98 Å². The second kappa shape index (κ2) is 6.22. The number of carbonyl (C=O) groups is 2. The standard InChI is InChI=1S/C17H20N2O3/c1-12-6-5-7-14-13(12)10-15(18-14)17(21)22-11-16(20)19-8-3-2-4-9-19/h5-7,10,18H,2-4,8-9,11H2,1H3. The van der Waals surface area contributed by atoms with Gasteiger partial charge in [0.2, 0.25) is 0 Å². The Bertz CT molecular complexity index is 699. The lowest BCUT2D eigenvalue weighted by atomic mass is 10.1. The van der Waals surface area contributed by atoms with Crippen LogP contribution in [0.5, 0.6) is 0 Å². The van der Waals surface area contributed by atoms with Gasteiger partial charge in [0.05, 0.1) is 0 Å². The number of aryl methyl sites for hydroxylation is 1. The van der Waals surface area contributed by atoms with E-state index in [-0.39, 0.29) is 12.5 Å². The van der Waals surface area contributed by atoms with Gasteiger partial charge in [-0.15, -0.1) is 0 Å². The lowest BCUT2D eigenvalue weighted by molar-refractivity contribution is -0.135. The van der Waals surface area contributed by atoms with Gasteiger partial charge in [0, 0.05) is 24.0 Å². The number of ether oxygens (including phenoxy) is 1. The summed E-state index contributed by atoms with van der Waals surface area (Å²) in [6.45, 7) is 3.34. The van der Waals surface area contributed by atoms with Crippen LogP contribution in [0.1, 0.15) is 35.3 Å². The molecule has 0 unspecified atom stereocenters. The van der Waals surface area contributed by atoms with E-state index >= 15 is 0 Å². The van der Waals surface area contributed by atoms with Crippen molar-refractivity contribution >= 4 is 22.8 Å². The highest BCUT2D eigenvalue weighted by atomic mass is 16.5. The molecule has 1 fully saturated rings. The SMILES string of the molecule is Cc1cccc2[nH]c(C(=O)OCC(=O)N3CCCCC3)cc12. The average Bonchev–Trinajstić information content (AvgIpc) is 2.99. The number of fused-ring (bicyclic) bond motifs is 1. The van der Waals surface area contributed by atoms with Crippen molar-refractivity contribution in [3.05, 3.63) is 35.5 Å². The van der Waals surface area contributed by atoms with E-state index in [9.17, 15) is 9.59 Å². The van der Waals surface area contributed by atoms with Gasteiger partial charge in [0.25, 0.3) is 5.91 Å². The van der Waals surface area contributed by atoms with Gasteiger partial charge in [0.1, 0.15) is 5.69 Å². The number of piperidine rings is 1. The number of esters is 1. The van der Waals surface area contributed by atoms with Crippen LogP contribution in [0.25, 0.3) is 10.9 Å². The van der Waals surface area contributed by atoms with Crippen molar-refractivity contribution < 1.29 is 14.3 Å². The molecule has 1 aliphatic rings. The number of rotatable bonds is 3. The number of carbonyl (C=O) groups excluding carboxylic acids is 2. The zero-order valence-corrected chi connectivity index (χ0v) is 12.7. The van der Waals surface area contributed by atoms with Crippen LogP contribution in [0.15, 0.2) is 24.3 Å².